The number of aromatic nitrogens is 3. The Morgan fingerprint density at radius 3 is 2.33 bits per heavy atom. The van der Waals surface area contributed by atoms with E-state index in [1.807, 2.05) is 27.7 Å². The summed E-state index contributed by atoms with van der Waals surface area (Å²) in [6.45, 7) is 7.47. The summed E-state index contributed by atoms with van der Waals surface area (Å²) >= 11 is 0. The summed E-state index contributed by atoms with van der Waals surface area (Å²) in [6.07, 6.45) is 0.446. The average Bonchev–Trinajstić information content (AvgIpc) is 2.60. The molecule has 0 N–H and O–H groups in total. The molecule has 1 aromatic rings. The summed E-state index contributed by atoms with van der Waals surface area (Å²) in [7, 11) is 3.04. The number of hydrogen-bond acceptors (Lipinski definition) is 5. The predicted octanol–water partition coefficient (Wildman–Crippen LogP) is 1.75. The van der Waals surface area contributed by atoms with Crippen LogP contribution in [0, 0.1) is 0 Å². The van der Waals surface area contributed by atoms with E-state index in [2.05, 4.69) is 10.2 Å². The second kappa shape index (κ2) is 5.14. The summed E-state index contributed by atoms with van der Waals surface area (Å²) in [4.78, 5) is 0. The summed E-state index contributed by atoms with van der Waals surface area (Å²) in [6, 6.07) is -0.105. The minimum atomic E-state index is -3.90. The van der Waals surface area contributed by atoms with Gasteiger partial charge in [-0.05, 0) is 27.7 Å². The smallest absolute Gasteiger partial charge is 0.296 e. The van der Waals surface area contributed by atoms with Gasteiger partial charge in [0, 0.05) is 30.3 Å². The van der Waals surface area contributed by atoms with Crippen molar-refractivity contribution < 1.29 is 13.2 Å². The number of nitrogens with zero attached hydrogens (tertiary/aromatic N) is 3. The van der Waals surface area contributed by atoms with Gasteiger partial charge in [0.15, 0.2) is 0 Å². The lowest BCUT2D eigenvalue weighted by Gasteiger charge is -2.23. The van der Waals surface area contributed by atoms with Crippen LogP contribution in [0.2, 0.25) is 0 Å². The molecule has 0 bridgehead atoms. The molecular formula is C10H18ClN3O3S. The van der Waals surface area contributed by atoms with Crippen molar-refractivity contribution in [3.8, 4) is 0 Å². The zero-order valence-electron chi connectivity index (χ0n) is 11.1. The highest BCUT2D eigenvalue weighted by atomic mass is 35.7. The fourth-order valence-electron chi connectivity index (χ4n) is 1.57. The minimum Gasteiger partial charge on any atom is -0.378 e. The number of hydrogen-bond donors (Lipinski definition) is 0. The Hall–Kier alpha value is -0.660. The van der Waals surface area contributed by atoms with Crippen LogP contribution in [0.1, 0.15) is 39.6 Å². The van der Waals surface area contributed by atoms with E-state index in [0.29, 0.717) is 12.2 Å². The molecule has 0 saturated carbocycles. The molecule has 1 aromatic heterocycles. The van der Waals surface area contributed by atoms with Gasteiger partial charge in [-0.3, -0.25) is 4.57 Å². The van der Waals surface area contributed by atoms with Crippen LogP contribution in [-0.2, 0) is 20.2 Å². The fourth-order valence-corrected chi connectivity index (χ4v) is 2.57. The van der Waals surface area contributed by atoms with Crippen molar-refractivity contribution in [3.05, 3.63) is 5.82 Å². The van der Waals surface area contributed by atoms with Crippen LogP contribution in [0.5, 0.6) is 0 Å². The number of ether oxygens (including phenoxy) is 1. The van der Waals surface area contributed by atoms with Crippen molar-refractivity contribution in [3.63, 3.8) is 0 Å². The molecule has 0 aromatic carbocycles. The molecule has 0 unspecified atom stereocenters. The summed E-state index contributed by atoms with van der Waals surface area (Å²) in [5.74, 6) is 0.538. The Labute approximate surface area is 112 Å². The Bertz CT molecular complexity index is 522. The van der Waals surface area contributed by atoms with Gasteiger partial charge in [-0.1, -0.05) is 0 Å². The lowest BCUT2D eigenvalue weighted by Crippen LogP contribution is -2.28. The van der Waals surface area contributed by atoms with Gasteiger partial charge in [0.25, 0.3) is 14.2 Å². The first-order valence-corrected chi connectivity index (χ1v) is 7.83. The van der Waals surface area contributed by atoms with E-state index in [0.717, 1.165) is 0 Å². The molecule has 0 aliphatic carbocycles. The van der Waals surface area contributed by atoms with Crippen LogP contribution in [0.3, 0.4) is 0 Å². The lowest BCUT2D eigenvalue weighted by atomic mass is 10.0. The molecule has 0 aliphatic rings. The Morgan fingerprint density at radius 2 is 1.94 bits per heavy atom. The second-order valence-corrected chi connectivity index (χ2v) is 7.40. The SMILES string of the molecule is COC(C)(C)Cc1nnc(S(=O)(=O)Cl)n1C(C)C. The third-order valence-electron chi connectivity index (χ3n) is 2.61. The first-order chi connectivity index (χ1) is 8.08. The van der Waals surface area contributed by atoms with Crippen LogP contribution >= 0.6 is 10.7 Å². The molecule has 1 rings (SSSR count). The topological polar surface area (TPSA) is 74.1 Å². The molecule has 0 saturated heterocycles. The van der Waals surface area contributed by atoms with E-state index in [9.17, 15) is 8.42 Å². The van der Waals surface area contributed by atoms with Crippen molar-refractivity contribution in [2.24, 2.45) is 0 Å². The van der Waals surface area contributed by atoms with Crippen LogP contribution in [-0.4, -0.2) is 35.9 Å². The third-order valence-corrected chi connectivity index (χ3v) is 3.73. The maximum Gasteiger partial charge on any atom is 0.296 e. The van der Waals surface area contributed by atoms with Gasteiger partial charge in [0.2, 0.25) is 0 Å². The molecule has 0 fully saturated rings. The van der Waals surface area contributed by atoms with Gasteiger partial charge in [-0.25, -0.2) is 8.42 Å². The monoisotopic (exact) mass is 295 g/mol. The second-order valence-electron chi connectivity index (χ2n) is 4.94. The van der Waals surface area contributed by atoms with E-state index in [1.165, 1.54) is 4.57 Å². The van der Waals surface area contributed by atoms with Crippen molar-refractivity contribution in [2.45, 2.75) is 50.9 Å². The van der Waals surface area contributed by atoms with Crippen molar-refractivity contribution in [1.82, 2.24) is 14.8 Å². The highest BCUT2D eigenvalue weighted by Gasteiger charge is 2.28. The number of halogens is 1. The Kier molecular flexibility index (Phi) is 4.40. The highest BCUT2D eigenvalue weighted by Crippen LogP contribution is 2.22. The molecule has 104 valence electrons. The van der Waals surface area contributed by atoms with E-state index in [-0.39, 0.29) is 11.2 Å². The lowest BCUT2D eigenvalue weighted by molar-refractivity contribution is 0.0205. The van der Waals surface area contributed by atoms with Crippen molar-refractivity contribution in [2.75, 3.05) is 7.11 Å². The molecule has 0 radical (unpaired) electrons. The normalized spacial score (nSPS) is 13.3. The summed E-state index contributed by atoms with van der Waals surface area (Å²) in [5, 5.41) is 7.35. The largest absolute Gasteiger partial charge is 0.378 e. The maximum absolute atomic E-state index is 11.4. The molecule has 6 nitrogen and oxygen atoms in total. The number of rotatable bonds is 5. The minimum absolute atomic E-state index is 0.105. The van der Waals surface area contributed by atoms with Gasteiger partial charge in [-0.2, -0.15) is 0 Å². The standard InChI is InChI=1S/C10H18ClN3O3S/c1-7(2)14-8(6-10(3,4)17-5)12-13-9(14)18(11,15)16/h7H,6H2,1-5H3. The van der Waals surface area contributed by atoms with Gasteiger partial charge in [-0.15, -0.1) is 10.2 Å². The molecular weight excluding hydrogens is 278 g/mol. The molecule has 0 atom stereocenters. The molecule has 0 amide bonds. The summed E-state index contributed by atoms with van der Waals surface area (Å²) in [5.41, 5.74) is -0.451. The fraction of sp³-hybridized carbons (Fsp3) is 0.800. The molecule has 1 heterocycles. The van der Waals surface area contributed by atoms with Gasteiger partial charge < -0.3 is 4.74 Å². The molecule has 0 aliphatic heterocycles. The Morgan fingerprint density at radius 1 is 1.39 bits per heavy atom. The predicted molar refractivity (Wildman–Crippen MR) is 68.2 cm³/mol. The van der Waals surface area contributed by atoms with E-state index >= 15 is 0 Å². The Balaban J connectivity index is 3.28. The third kappa shape index (κ3) is 3.43. The zero-order valence-corrected chi connectivity index (χ0v) is 12.7. The summed E-state index contributed by atoms with van der Waals surface area (Å²) < 4.78 is 29.7. The van der Waals surface area contributed by atoms with Gasteiger partial charge >= 0.3 is 0 Å². The average molecular weight is 296 g/mol. The van der Waals surface area contributed by atoms with Crippen molar-refractivity contribution in [1.29, 1.82) is 0 Å². The van der Waals surface area contributed by atoms with Crippen LogP contribution in [0.4, 0.5) is 0 Å². The number of methoxy groups -OCH3 is 1. The first-order valence-electron chi connectivity index (χ1n) is 5.52. The zero-order chi connectivity index (χ0) is 14.1. The first kappa shape index (κ1) is 15.4. The van der Waals surface area contributed by atoms with Gasteiger partial charge in [0.05, 0.1) is 5.60 Å². The van der Waals surface area contributed by atoms with Gasteiger partial charge in [0.1, 0.15) is 5.82 Å². The highest BCUT2D eigenvalue weighted by molar-refractivity contribution is 8.13. The maximum atomic E-state index is 11.4. The van der Waals surface area contributed by atoms with Crippen LogP contribution in [0.15, 0.2) is 5.16 Å². The van der Waals surface area contributed by atoms with E-state index in [1.54, 1.807) is 7.11 Å². The molecule has 0 spiro atoms. The molecule has 18 heavy (non-hydrogen) atoms. The van der Waals surface area contributed by atoms with E-state index < -0.39 is 14.7 Å². The quantitative estimate of drug-likeness (QED) is 0.774. The van der Waals surface area contributed by atoms with E-state index in [4.69, 9.17) is 15.4 Å². The van der Waals surface area contributed by atoms with Crippen LogP contribution < -0.4 is 0 Å². The van der Waals surface area contributed by atoms with Crippen LogP contribution in [0.25, 0.3) is 0 Å². The van der Waals surface area contributed by atoms with Crippen molar-refractivity contribution >= 4 is 19.7 Å². The molecule has 8 heteroatoms.